The van der Waals surface area contributed by atoms with E-state index in [9.17, 15) is 9.90 Å². The molecule has 106 valence electrons. The van der Waals surface area contributed by atoms with Crippen molar-refractivity contribution < 1.29 is 15.0 Å². The minimum atomic E-state index is -1.05. The van der Waals surface area contributed by atoms with E-state index >= 15 is 0 Å². The predicted octanol–water partition coefficient (Wildman–Crippen LogP) is 1.50. The third-order valence-corrected chi connectivity index (χ3v) is 4.42. The number of hydrogen-bond donors (Lipinski definition) is 2. The van der Waals surface area contributed by atoms with Gasteiger partial charge in [0.15, 0.2) is 3.95 Å². The summed E-state index contributed by atoms with van der Waals surface area (Å²) in [6.45, 7) is -0.353. The summed E-state index contributed by atoms with van der Waals surface area (Å²) in [4.78, 5) is 15.6. The average molecular weight is 318 g/mol. The van der Waals surface area contributed by atoms with Crippen LogP contribution >= 0.6 is 23.6 Å². The highest BCUT2D eigenvalue weighted by Crippen LogP contribution is 2.26. The maximum absolute atomic E-state index is 10.8. The molecule has 3 rings (SSSR count). The van der Waals surface area contributed by atoms with Crippen LogP contribution in [0.25, 0.3) is 12.2 Å². The number of thiazole rings is 1. The Balaban J connectivity index is 2.16. The van der Waals surface area contributed by atoms with Gasteiger partial charge in [-0.15, -0.1) is 11.3 Å². The molecule has 0 saturated carbocycles. The Kier molecular flexibility index (Phi) is 3.44. The lowest BCUT2D eigenvalue weighted by Gasteiger charge is -1.99. The number of para-hydroxylation sites is 1. The number of aliphatic carboxylic acids is 1. The number of carbonyl (C=O) groups is 1. The van der Waals surface area contributed by atoms with Crippen LogP contribution in [-0.2, 0) is 11.3 Å². The molecule has 0 radical (unpaired) electrons. The Morgan fingerprint density at radius 2 is 2.29 bits per heavy atom. The number of carboxylic acid groups (broad SMARTS) is 1. The van der Waals surface area contributed by atoms with E-state index in [0.29, 0.717) is 8.83 Å². The van der Waals surface area contributed by atoms with Gasteiger partial charge >= 0.3 is 5.97 Å². The quantitative estimate of drug-likeness (QED) is 0.841. The maximum atomic E-state index is 10.8. The average Bonchev–Trinajstić information content (AvgIpc) is 3.00. The molecule has 21 heavy (non-hydrogen) atoms. The van der Waals surface area contributed by atoms with Gasteiger partial charge in [0, 0.05) is 17.0 Å². The smallest absolute Gasteiger partial charge is 0.323 e. The first kappa shape index (κ1) is 13.7. The number of benzene rings is 1. The van der Waals surface area contributed by atoms with Crippen LogP contribution in [-0.4, -0.2) is 20.7 Å². The van der Waals surface area contributed by atoms with Crippen molar-refractivity contribution in [3.05, 3.63) is 49.4 Å². The lowest BCUT2D eigenvalue weighted by molar-refractivity contribution is -0.137. The van der Waals surface area contributed by atoms with Crippen molar-refractivity contribution in [1.82, 2.24) is 4.57 Å². The standard InChI is InChI=1S/C14H10N2O3S2/c17-11(18)7-16-13(19)10(21-14(16)20)6-9-3-1-2-8-4-5-15-12(8)9/h1-6,19H,7H2,(H,17,18)/b9-6+. The van der Waals surface area contributed by atoms with Crippen LogP contribution in [0.1, 0.15) is 10.4 Å². The van der Waals surface area contributed by atoms with Crippen LogP contribution in [0.5, 0.6) is 5.88 Å². The van der Waals surface area contributed by atoms with Crippen LogP contribution in [0.2, 0.25) is 0 Å². The zero-order chi connectivity index (χ0) is 15.0. The first-order valence-corrected chi connectivity index (χ1v) is 7.28. The van der Waals surface area contributed by atoms with Gasteiger partial charge in [-0.1, -0.05) is 18.2 Å². The Morgan fingerprint density at radius 3 is 3.05 bits per heavy atom. The van der Waals surface area contributed by atoms with E-state index in [1.165, 1.54) is 15.9 Å². The van der Waals surface area contributed by atoms with Crippen LogP contribution in [0, 0.1) is 3.95 Å². The SMILES string of the molecule is O=C(O)Cn1c(O)c(/C=c2\cccc3c2=NC=C3)sc1=S. The molecule has 2 heterocycles. The summed E-state index contributed by atoms with van der Waals surface area (Å²) in [5.74, 6) is -1.18. The van der Waals surface area contributed by atoms with Gasteiger partial charge < -0.3 is 10.2 Å². The molecule has 0 atom stereocenters. The van der Waals surface area contributed by atoms with Crippen LogP contribution in [0.3, 0.4) is 0 Å². The summed E-state index contributed by atoms with van der Waals surface area (Å²) >= 11 is 6.27. The highest BCUT2D eigenvalue weighted by Gasteiger charge is 2.12. The molecule has 0 bridgehead atoms. The molecule has 0 saturated heterocycles. The van der Waals surface area contributed by atoms with Crippen LogP contribution in [0.15, 0.2) is 29.4 Å². The molecule has 1 aromatic carbocycles. The van der Waals surface area contributed by atoms with Crippen molar-refractivity contribution in [2.24, 2.45) is 4.99 Å². The van der Waals surface area contributed by atoms with E-state index in [2.05, 4.69) is 4.99 Å². The van der Waals surface area contributed by atoms with Crippen molar-refractivity contribution >= 4 is 41.7 Å². The number of rotatable bonds is 3. The summed E-state index contributed by atoms with van der Waals surface area (Å²) in [6, 6.07) is 5.75. The largest absolute Gasteiger partial charge is 0.493 e. The number of hydrogen-bond acceptors (Lipinski definition) is 5. The summed E-state index contributed by atoms with van der Waals surface area (Å²) in [7, 11) is 0. The lowest BCUT2D eigenvalue weighted by atomic mass is 10.1. The van der Waals surface area contributed by atoms with Crippen molar-refractivity contribution in [2.45, 2.75) is 6.54 Å². The van der Waals surface area contributed by atoms with Gasteiger partial charge in [0.25, 0.3) is 0 Å². The number of aromatic hydroxyl groups is 1. The molecule has 0 amide bonds. The monoisotopic (exact) mass is 318 g/mol. The molecule has 0 unspecified atom stereocenters. The fourth-order valence-corrected chi connectivity index (χ4v) is 3.35. The second-order valence-electron chi connectivity index (χ2n) is 4.41. The van der Waals surface area contributed by atoms with Gasteiger partial charge in [0.05, 0.1) is 10.2 Å². The summed E-state index contributed by atoms with van der Waals surface area (Å²) in [5, 5.41) is 20.7. The minimum absolute atomic E-state index is 0.129. The molecule has 0 fully saturated rings. The van der Waals surface area contributed by atoms with Gasteiger partial charge in [-0.3, -0.25) is 14.4 Å². The van der Waals surface area contributed by atoms with Crippen molar-refractivity contribution in [3.63, 3.8) is 0 Å². The summed E-state index contributed by atoms with van der Waals surface area (Å²) in [6.07, 6.45) is 5.40. The molecule has 0 aliphatic carbocycles. The molecule has 1 aromatic heterocycles. The van der Waals surface area contributed by atoms with Gasteiger partial charge in [-0.25, -0.2) is 0 Å². The maximum Gasteiger partial charge on any atom is 0.323 e. The number of fused-ring (bicyclic) bond motifs is 1. The molecule has 7 heteroatoms. The highest BCUT2D eigenvalue weighted by molar-refractivity contribution is 7.73. The molecule has 5 nitrogen and oxygen atoms in total. The molecule has 2 aromatic rings. The Morgan fingerprint density at radius 1 is 1.48 bits per heavy atom. The van der Waals surface area contributed by atoms with Crippen molar-refractivity contribution in [1.29, 1.82) is 0 Å². The Bertz CT molecular complexity index is 938. The first-order valence-electron chi connectivity index (χ1n) is 6.06. The third-order valence-electron chi connectivity index (χ3n) is 3.03. The van der Waals surface area contributed by atoms with Gasteiger partial charge in [-0.05, 0) is 24.4 Å². The minimum Gasteiger partial charge on any atom is -0.493 e. The summed E-state index contributed by atoms with van der Waals surface area (Å²) in [5.41, 5.74) is 1.01. The zero-order valence-corrected chi connectivity index (χ0v) is 12.3. The number of aromatic nitrogens is 1. The van der Waals surface area contributed by atoms with Crippen molar-refractivity contribution in [3.8, 4) is 5.88 Å². The number of carboxylic acids is 1. The van der Waals surface area contributed by atoms with E-state index in [0.717, 1.165) is 16.1 Å². The highest BCUT2D eigenvalue weighted by atomic mass is 32.1. The summed E-state index contributed by atoms with van der Waals surface area (Å²) < 4.78 is 1.52. The molecular formula is C14H10N2O3S2. The third kappa shape index (κ3) is 2.53. The van der Waals surface area contributed by atoms with Crippen molar-refractivity contribution in [2.75, 3.05) is 0 Å². The van der Waals surface area contributed by atoms with Crippen LogP contribution < -0.4 is 10.6 Å². The second-order valence-corrected chi connectivity index (χ2v) is 6.09. The van der Waals surface area contributed by atoms with Gasteiger partial charge in [-0.2, -0.15) is 0 Å². The fraction of sp³-hybridized carbons (Fsp3) is 0.0714. The van der Waals surface area contributed by atoms with E-state index < -0.39 is 5.97 Å². The molecule has 1 aliphatic heterocycles. The topological polar surface area (TPSA) is 74.8 Å². The molecule has 1 aliphatic rings. The Hall–Kier alpha value is -2.25. The second kappa shape index (κ2) is 5.27. The lowest BCUT2D eigenvalue weighted by Crippen LogP contribution is -2.25. The zero-order valence-electron chi connectivity index (χ0n) is 10.7. The van der Waals surface area contributed by atoms with Gasteiger partial charge in [0.1, 0.15) is 6.54 Å². The van der Waals surface area contributed by atoms with E-state index in [-0.39, 0.29) is 12.4 Å². The number of nitrogens with zero attached hydrogens (tertiary/aromatic N) is 2. The van der Waals surface area contributed by atoms with Crippen LogP contribution in [0.4, 0.5) is 0 Å². The van der Waals surface area contributed by atoms with E-state index in [1.807, 2.05) is 24.3 Å². The van der Waals surface area contributed by atoms with E-state index in [1.54, 1.807) is 12.3 Å². The predicted molar refractivity (Wildman–Crippen MR) is 82.3 cm³/mol. The first-order chi connectivity index (χ1) is 10.1. The fourth-order valence-electron chi connectivity index (χ4n) is 2.10. The molecule has 2 N–H and O–H groups in total. The molecule has 0 spiro atoms. The normalized spacial score (nSPS) is 13.2. The van der Waals surface area contributed by atoms with E-state index in [4.69, 9.17) is 17.3 Å². The molecular weight excluding hydrogens is 308 g/mol. The Labute approximate surface area is 128 Å². The van der Waals surface area contributed by atoms with Gasteiger partial charge in [0.2, 0.25) is 5.88 Å².